The molecule has 0 atom stereocenters. The van der Waals surface area contributed by atoms with Crippen LogP contribution in [-0.4, -0.2) is 15.6 Å². The second-order valence-corrected chi connectivity index (χ2v) is 3.97. The summed E-state index contributed by atoms with van der Waals surface area (Å²) < 4.78 is 6.52. The van der Waals surface area contributed by atoms with Crippen LogP contribution in [0.2, 0.25) is 0 Å². The fourth-order valence-corrected chi connectivity index (χ4v) is 1.63. The zero-order valence-electron chi connectivity index (χ0n) is 10.2. The third-order valence-electron chi connectivity index (χ3n) is 2.53. The summed E-state index contributed by atoms with van der Waals surface area (Å²) >= 11 is 0. The van der Waals surface area contributed by atoms with Crippen molar-refractivity contribution in [2.45, 2.75) is 13.2 Å². The van der Waals surface area contributed by atoms with E-state index in [0.29, 0.717) is 0 Å². The molecule has 1 heterocycles. The quantitative estimate of drug-likeness (QED) is 0.883. The van der Waals surface area contributed by atoms with Crippen molar-refractivity contribution in [3.8, 4) is 5.75 Å². The molecule has 1 aromatic carbocycles. The fourth-order valence-electron chi connectivity index (χ4n) is 1.63. The van der Waals surface area contributed by atoms with Gasteiger partial charge < -0.3 is 14.4 Å². The first-order valence-electron chi connectivity index (χ1n) is 5.75. The summed E-state index contributed by atoms with van der Waals surface area (Å²) in [6.07, 6.45) is 1.42. The van der Waals surface area contributed by atoms with Crippen LogP contribution in [-0.2, 0) is 17.9 Å². The predicted molar refractivity (Wildman–Crippen MR) is 69.1 cm³/mol. The van der Waals surface area contributed by atoms with Crippen molar-refractivity contribution in [1.82, 2.24) is 4.57 Å². The van der Waals surface area contributed by atoms with E-state index in [0.717, 1.165) is 10.1 Å². The predicted octanol–water partition coefficient (Wildman–Crippen LogP) is 1.51. The molecule has 0 aliphatic heterocycles. The van der Waals surface area contributed by atoms with Gasteiger partial charge in [-0.15, -0.1) is 0 Å². The van der Waals surface area contributed by atoms with Crippen molar-refractivity contribution in [2.24, 2.45) is 0 Å². The number of nitrogens with zero attached hydrogens (tertiary/aromatic N) is 1. The van der Waals surface area contributed by atoms with Crippen molar-refractivity contribution in [1.29, 1.82) is 0 Å². The number of aliphatic carboxylic acids is 1. The molecule has 0 unspecified atom stereocenters. The van der Waals surface area contributed by atoms with Gasteiger partial charge in [-0.2, -0.15) is 0 Å². The monoisotopic (exact) mass is 259 g/mol. The molecule has 5 heteroatoms. The van der Waals surface area contributed by atoms with Gasteiger partial charge in [0.1, 0.15) is 13.2 Å². The second kappa shape index (κ2) is 5.86. The second-order valence-electron chi connectivity index (χ2n) is 3.97. The maximum absolute atomic E-state index is 11.9. The number of hydrogen-bond donors (Lipinski definition) is 1. The van der Waals surface area contributed by atoms with E-state index in [4.69, 9.17) is 9.84 Å². The molecule has 0 bridgehead atoms. The average molecular weight is 259 g/mol. The Hall–Kier alpha value is -2.56. The number of carboxylic acids is 1. The molecule has 1 aromatic heterocycles. The highest BCUT2D eigenvalue weighted by Crippen LogP contribution is 2.06. The molecule has 0 radical (unpaired) electrons. The van der Waals surface area contributed by atoms with Crippen molar-refractivity contribution in [2.75, 3.05) is 0 Å². The molecule has 0 spiro atoms. The minimum Gasteiger partial charge on any atom is -0.483 e. The molecule has 5 nitrogen and oxygen atoms in total. The van der Waals surface area contributed by atoms with E-state index < -0.39 is 11.5 Å². The van der Waals surface area contributed by atoms with E-state index in [1.807, 2.05) is 30.3 Å². The van der Waals surface area contributed by atoms with Crippen LogP contribution in [0, 0.1) is 0 Å². The Morgan fingerprint density at radius 3 is 2.58 bits per heavy atom. The van der Waals surface area contributed by atoms with Crippen LogP contribution in [0.3, 0.4) is 0 Å². The lowest BCUT2D eigenvalue weighted by Gasteiger charge is -2.08. The maximum Gasteiger partial charge on any atom is 0.323 e. The molecule has 0 saturated carbocycles. The highest BCUT2D eigenvalue weighted by Gasteiger charge is 2.07. The molecule has 0 saturated heterocycles. The molecule has 0 aliphatic carbocycles. The Labute approximate surface area is 109 Å². The van der Waals surface area contributed by atoms with Crippen molar-refractivity contribution < 1.29 is 14.6 Å². The van der Waals surface area contributed by atoms with E-state index in [-0.39, 0.29) is 18.9 Å². The van der Waals surface area contributed by atoms with Crippen LogP contribution in [0.1, 0.15) is 5.56 Å². The van der Waals surface area contributed by atoms with E-state index >= 15 is 0 Å². The van der Waals surface area contributed by atoms with Gasteiger partial charge in [0.25, 0.3) is 5.56 Å². The van der Waals surface area contributed by atoms with Crippen molar-refractivity contribution in [3.05, 3.63) is 64.6 Å². The number of aromatic nitrogens is 1. The Morgan fingerprint density at radius 1 is 1.16 bits per heavy atom. The van der Waals surface area contributed by atoms with Crippen LogP contribution in [0.15, 0.2) is 53.5 Å². The van der Waals surface area contributed by atoms with Gasteiger partial charge in [0.15, 0.2) is 5.75 Å². The third-order valence-corrected chi connectivity index (χ3v) is 2.53. The van der Waals surface area contributed by atoms with Crippen LogP contribution in [0.5, 0.6) is 5.75 Å². The number of benzene rings is 1. The summed E-state index contributed by atoms with van der Waals surface area (Å²) in [5.41, 5.74) is 0.497. The van der Waals surface area contributed by atoms with Gasteiger partial charge in [-0.05, 0) is 17.7 Å². The van der Waals surface area contributed by atoms with Crippen molar-refractivity contribution >= 4 is 5.97 Å². The molecule has 1 N–H and O–H groups in total. The van der Waals surface area contributed by atoms with Crippen LogP contribution < -0.4 is 10.3 Å². The van der Waals surface area contributed by atoms with Gasteiger partial charge in [-0.3, -0.25) is 9.59 Å². The van der Waals surface area contributed by atoms with Gasteiger partial charge in [0.2, 0.25) is 0 Å². The minimum atomic E-state index is -1.07. The zero-order chi connectivity index (χ0) is 13.7. The number of ether oxygens (including phenoxy) is 1. The summed E-state index contributed by atoms with van der Waals surface area (Å²) in [7, 11) is 0. The normalized spacial score (nSPS) is 10.1. The highest BCUT2D eigenvalue weighted by atomic mass is 16.5. The first kappa shape index (κ1) is 12.9. The molecule has 0 aliphatic rings. The van der Waals surface area contributed by atoms with Gasteiger partial charge >= 0.3 is 5.97 Å². The van der Waals surface area contributed by atoms with E-state index in [2.05, 4.69) is 0 Å². The van der Waals surface area contributed by atoms with Gasteiger partial charge in [0, 0.05) is 6.20 Å². The highest BCUT2D eigenvalue weighted by molar-refractivity contribution is 5.66. The maximum atomic E-state index is 11.9. The Balaban J connectivity index is 2.13. The van der Waals surface area contributed by atoms with Gasteiger partial charge in [-0.25, -0.2) is 0 Å². The Kier molecular flexibility index (Phi) is 3.97. The topological polar surface area (TPSA) is 68.5 Å². The Bertz CT molecular complexity index is 619. The first-order valence-corrected chi connectivity index (χ1v) is 5.75. The molecule has 2 rings (SSSR count). The van der Waals surface area contributed by atoms with Crippen LogP contribution >= 0.6 is 0 Å². The first-order chi connectivity index (χ1) is 9.16. The largest absolute Gasteiger partial charge is 0.483 e. The number of hydrogen-bond acceptors (Lipinski definition) is 3. The van der Waals surface area contributed by atoms with Gasteiger partial charge in [0.05, 0.1) is 0 Å². The zero-order valence-corrected chi connectivity index (χ0v) is 10.2. The summed E-state index contributed by atoms with van der Waals surface area (Å²) in [6, 6.07) is 12.6. The lowest BCUT2D eigenvalue weighted by molar-refractivity contribution is -0.137. The SMILES string of the molecule is O=C(O)Cn1cccc(OCc2ccccc2)c1=O. The Morgan fingerprint density at radius 2 is 1.89 bits per heavy atom. The fraction of sp³-hybridized carbons (Fsp3) is 0.143. The number of rotatable bonds is 5. The average Bonchev–Trinajstić information content (AvgIpc) is 2.40. The third kappa shape index (κ3) is 3.45. The minimum absolute atomic E-state index is 0.146. The standard InChI is InChI=1S/C14H13NO4/c16-13(17)9-15-8-4-7-12(14(15)18)19-10-11-5-2-1-3-6-11/h1-8H,9-10H2,(H,16,17). The summed E-state index contributed by atoms with van der Waals surface area (Å²) in [6.45, 7) is -0.103. The molecular weight excluding hydrogens is 246 g/mol. The van der Waals surface area contributed by atoms with Gasteiger partial charge in [-0.1, -0.05) is 30.3 Å². The molecule has 2 aromatic rings. The molecule has 0 amide bonds. The summed E-state index contributed by atoms with van der Waals surface area (Å²) in [5.74, 6) is -0.921. The number of pyridine rings is 1. The summed E-state index contributed by atoms with van der Waals surface area (Å²) in [5, 5.41) is 8.69. The molecule has 19 heavy (non-hydrogen) atoms. The van der Waals surface area contributed by atoms with Crippen LogP contribution in [0.25, 0.3) is 0 Å². The summed E-state index contributed by atoms with van der Waals surface area (Å²) in [4.78, 5) is 22.5. The lowest BCUT2D eigenvalue weighted by atomic mass is 10.2. The number of carboxylic acid groups (broad SMARTS) is 1. The van der Waals surface area contributed by atoms with E-state index in [1.54, 1.807) is 6.07 Å². The van der Waals surface area contributed by atoms with E-state index in [9.17, 15) is 9.59 Å². The van der Waals surface area contributed by atoms with Crippen molar-refractivity contribution in [3.63, 3.8) is 0 Å². The molecular formula is C14H13NO4. The number of carbonyl (C=O) groups is 1. The molecule has 0 fully saturated rings. The molecule has 98 valence electrons. The lowest BCUT2D eigenvalue weighted by Crippen LogP contribution is -2.24. The van der Waals surface area contributed by atoms with Crippen LogP contribution in [0.4, 0.5) is 0 Å². The van der Waals surface area contributed by atoms with E-state index in [1.165, 1.54) is 12.3 Å². The smallest absolute Gasteiger partial charge is 0.323 e.